The quantitative estimate of drug-likeness (QED) is 0.757. The van der Waals surface area contributed by atoms with E-state index in [4.69, 9.17) is 0 Å². The number of aryl methyl sites for hydroxylation is 2. The van der Waals surface area contributed by atoms with Crippen LogP contribution in [0, 0.1) is 6.92 Å². The van der Waals surface area contributed by atoms with Crippen LogP contribution in [0.25, 0.3) is 10.9 Å². The summed E-state index contributed by atoms with van der Waals surface area (Å²) in [5.74, 6) is 0. The Balaban J connectivity index is 2.02. The minimum absolute atomic E-state index is 0.584. The van der Waals surface area contributed by atoms with E-state index in [2.05, 4.69) is 55.5 Å². The van der Waals surface area contributed by atoms with Gasteiger partial charge in [0, 0.05) is 23.1 Å². The Bertz CT molecular complexity index is 483. The highest BCUT2D eigenvalue weighted by atomic mass is 14.9. The standard InChI is InChI=1S/C15H22N2/c1-11(2)16-9-5-7-13-10-17-15-12(3)6-4-8-14(13)15/h4,6,8,10-11,16-17H,5,7,9H2,1-3H3. The van der Waals surface area contributed by atoms with Gasteiger partial charge >= 0.3 is 0 Å². The van der Waals surface area contributed by atoms with Crippen molar-refractivity contribution in [3.63, 3.8) is 0 Å². The molecule has 0 aliphatic heterocycles. The van der Waals surface area contributed by atoms with Gasteiger partial charge in [0.15, 0.2) is 0 Å². The van der Waals surface area contributed by atoms with Crippen molar-refractivity contribution in [2.45, 2.75) is 39.7 Å². The average Bonchev–Trinajstić information content (AvgIpc) is 2.69. The Morgan fingerprint density at radius 2 is 2.12 bits per heavy atom. The molecule has 0 unspecified atom stereocenters. The van der Waals surface area contributed by atoms with Gasteiger partial charge in [-0.25, -0.2) is 0 Å². The zero-order valence-corrected chi connectivity index (χ0v) is 11.0. The normalized spacial score (nSPS) is 11.5. The molecule has 1 heterocycles. The molecular formula is C15H22N2. The van der Waals surface area contributed by atoms with Gasteiger partial charge < -0.3 is 10.3 Å². The molecule has 92 valence electrons. The van der Waals surface area contributed by atoms with E-state index in [0.29, 0.717) is 6.04 Å². The van der Waals surface area contributed by atoms with E-state index in [0.717, 1.165) is 13.0 Å². The van der Waals surface area contributed by atoms with Crippen molar-refractivity contribution < 1.29 is 0 Å². The molecule has 0 amide bonds. The second-order valence-electron chi connectivity index (χ2n) is 5.02. The third-order valence-corrected chi connectivity index (χ3v) is 3.18. The first kappa shape index (κ1) is 12.2. The Morgan fingerprint density at radius 3 is 2.88 bits per heavy atom. The molecule has 1 aromatic heterocycles. The highest BCUT2D eigenvalue weighted by Gasteiger charge is 2.04. The van der Waals surface area contributed by atoms with Crippen LogP contribution in [-0.4, -0.2) is 17.6 Å². The molecule has 0 saturated heterocycles. The molecule has 17 heavy (non-hydrogen) atoms. The van der Waals surface area contributed by atoms with Crippen LogP contribution in [0.2, 0.25) is 0 Å². The fourth-order valence-corrected chi connectivity index (χ4v) is 2.24. The van der Waals surface area contributed by atoms with Gasteiger partial charge in [0.05, 0.1) is 0 Å². The molecule has 2 nitrogen and oxygen atoms in total. The maximum atomic E-state index is 3.46. The van der Waals surface area contributed by atoms with E-state index in [9.17, 15) is 0 Å². The van der Waals surface area contributed by atoms with Gasteiger partial charge in [-0.15, -0.1) is 0 Å². The number of rotatable bonds is 5. The Kier molecular flexibility index (Phi) is 3.85. The minimum atomic E-state index is 0.584. The van der Waals surface area contributed by atoms with E-state index >= 15 is 0 Å². The van der Waals surface area contributed by atoms with Crippen LogP contribution in [0.4, 0.5) is 0 Å². The maximum Gasteiger partial charge on any atom is 0.0486 e. The molecule has 0 aliphatic rings. The van der Waals surface area contributed by atoms with Crippen molar-refractivity contribution in [1.82, 2.24) is 10.3 Å². The Morgan fingerprint density at radius 1 is 1.29 bits per heavy atom. The number of fused-ring (bicyclic) bond motifs is 1. The summed E-state index contributed by atoms with van der Waals surface area (Å²) in [6.45, 7) is 7.63. The van der Waals surface area contributed by atoms with Crippen molar-refractivity contribution in [2.24, 2.45) is 0 Å². The van der Waals surface area contributed by atoms with Gasteiger partial charge in [0.2, 0.25) is 0 Å². The van der Waals surface area contributed by atoms with E-state index in [-0.39, 0.29) is 0 Å². The van der Waals surface area contributed by atoms with Crippen LogP contribution in [0.5, 0.6) is 0 Å². The molecular weight excluding hydrogens is 208 g/mol. The van der Waals surface area contributed by atoms with Crippen molar-refractivity contribution >= 4 is 10.9 Å². The first-order chi connectivity index (χ1) is 8.18. The number of benzene rings is 1. The number of hydrogen-bond acceptors (Lipinski definition) is 1. The van der Waals surface area contributed by atoms with Crippen LogP contribution in [0.1, 0.15) is 31.4 Å². The molecule has 2 heteroatoms. The van der Waals surface area contributed by atoms with Crippen LogP contribution >= 0.6 is 0 Å². The number of aromatic amines is 1. The third kappa shape index (κ3) is 2.89. The lowest BCUT2D eigenvalue weighted by Gasteiger charge is -2.07. The molecule has 0 spiro atoms. The lowest BCUT2D eigenvalue weighted by Crippen LogP contribution is -2.23. The molecule has 2 rings (SSSR count). The molecule has 2 aromatic rings. The first-order valence-electron chi connectivity index (χ1n) is 6.47. The SMILES string of the molecule is Cc1cccc2c(CCCNC(C)C)c[nH]c12. The van der Waals surface area contributed by atoms with Gasteiger partial charge in [0.25, 0.3) is 0 Å². The summed E-state index contributed by atoms with van der Waals surface area (Å²) in [6, 6.07) is 7.09. The van der Waals surface area contributed by atoms with E-state index in [1.165, 1.54) is 28.5 Å². The van der Waals surface area contributed by atoms with Crippen LogP contribution in [-0.2, 0) is 6.42 Å². The number of aromatic nitrogens is 1. The van der Waals surface area contributed by atoms with Crippen molar-refractivity contribution in [1.29, 1.82) is 0 Å². The van der Waals surface area contributed by atoms with Gasteiger partial charge in [-0.2, -0.15) is 0 Å². The van der Waals surface area contributed by atoms with Crippen molar-refractivity contribution in [3.05, 3.63) is 35.5 Å². The predicted molar refractivity (Wildman–Crippen MR) is 74.5 cm³/mol. The first-order valence-corrected chi connectivity index (χ1v) is 6.47. The van der Waals surface area contributed by atoms with E-state index in [1.807, 2.05) is 0 Å². The summed E-state index contributed by atoms with van der Waals surface area (Å²) in [7, 11) is 0. The van der Waals surface area contributed by atoms with Crippen LogP contribution in [0.3, 0.4) is 0 Å². The molecule has 0 aliphatic carbocycles. The Labute approximate surface area is 103 Å². The predicted octanol–water partition coefficient (Wildman–Crippen LogP) is 3.41. The summed E-state index contributed by atoms with van der Waals surface area (Å²) < 4.78 is 0. The zero-order valence-electron chi connectivity index (χ0n) is 11.0. The molecule has 2 N–H and O–H groups in total. The molecule has 0 bridgehead atoms. The smallest absolute Gasteiger partial charge is 0.0486 e. The molecule has 0 radical (unpaired) electrons. The maximum absolute atomic E-state index is 3.46. The van der Waals surface area contributed by atoms with Gasteiger partial charge in [-0.1, -0.05) is 32.0 Å². The number of nitrogens with one attached hydrogen (secondary N) is 2. The second-order valence-corrected chi connectivity index (χ2v) is 5.02. The lowest BCUT2D eigenvalue weighted by atomic mass is 10.1. The summed E-state index contributed by atoms with van der Waals surface area (Å²) in [4.78, 5) is 3.39. The number of H-pyrrole nitrogens is 1. The molecule has 1 aromatic carbocycles. The minimum Gasteiger partial charge on any atom is -0.361 e. The number of para-hydroxylation sites is 1. The highest BCUT2D eigenvalue weighted by Crippen LogP contribution is 2.21. The fourth-order valence-electron chi connectivity index (χ4n) is 2.24. The van der Waals surface area contributed by atoms with Crippen LogP contribution in [0.15, 0.2) is 24.4 Å². The highest BCUT2D eigenvalue weighted by molar-refractivity contribution is 5.85. The second kappa shape index (κ2) is 5.37. The molecule has 0 fully saturated rings. The van der Waals surface area contributed by atoms with Gasteiger partial charge in [-0.05, 0) is 37.4 Å². The molecule has 0 saturated carbocycles. The monoisotopic (exact) mass is 230 g/mol. The fraction of sp³-hybridized carbons (Fsp3) is 0.467. The van der Waals surface area contributed by atoms with Gasteiger partial charge in [-0.3, -0.25) is 0 Å². The summed E-state index contributed by atoms with van der Waals surface area (Å²) in [6.07, 6.45) is 4.50. The average molecular weight is 230 g/mol. The van der Waals surface area contributed by atoms with Crippen molar-refractivity contribution in [3.8, 4) is 0 Å². The van der Waals surface area contributed by atoms with Gasteiger partial charge in [0.1, 0.15) is 0 Å². The van der Waals surface area contributed by atoms with Crippen LogP contribution < -0.4 is 5.32 Å². The van der Waals surface area contributed by atoms with E-state index in [1.54, 1.807) is 0 Å². The third-order valence-electron chi connectivity index (χ3n) is 3.18. The topological polar surface area (TPSA) is 27.8 Å². The summed E-state index contributed by atoms with van der Waals surface area (Å²) in [5.41, 5.74) is 4.06. The largest absolute Gasteiger partial charge is 0.361 e. The number of hydrogen-bond donors (Lipinski definition) is 2. The summed E-state index contributed by atoms with van der Waals surface area (Å²) in [5, 5.41) is 4.84. The summed E-state index contributed by atoms with van der Waals surface area (Å²) >= 11 is 0. The Hall–Kier alpha value is -1.28. The van der Waals surface area contributed by atoms with Crippen molar-refractivity contribution in [2.75, 3.05) is 6.54 Å². The lowest BCUT2D eigenvalue weighted by molar-refractivity contribution is 0.571. The zero-order chi connectivity index (χ0) is 12.3. The van der Waals surface area contributed by atoms with E-state index < -0.39 is 0 Å². The molecule has 0 atom stereocenters.